The van der Waals surface area contributed by atoms with Gasteiger partial charge in [-0.3, -0.25) is 0 Å². The van der Waals surface area contributed by atoms with Crippen molar-refractivity contribution in [3.8, 4) is 0 Å². The van der Waals surface area contributed by atoms with Crippen LogP contribution in [0.15, 0.2) is 24.3 Å². The molecule has 0 aromatic heterocycles. The molecule has 3 atom stereocenters. The second-order valence-corrected chi connectivity index (χ2v) is 5.55. The number of hydrogen-bond donors (Lipinski definition) is 1. The normalized spacial score (nSPS) is 34.2. The van der Waals surface area contributed by atoms with Gasteiger partial charge in [0, 0.05) is 0 Å². The van der Waals surface area contributed by atoms with E-state index in [4.69, 9.17) is 0 Å². The molecule has 1 N–H and O–H groups in total. The maximum absolute atomic E-state index is 10.4. The summed E-state index contributed by atoms with van der Waals surface area (Å²) in [4.78, 5) is 0. The van der Waals surface area contributed by atoms with Crippen LogP contribution in [-0.2, 0) is 0 Å². The fourth-order valence-electron chi connectivity index (χ4n) is 3.50. The van der Waals surface area contributed by atoms with Gasteiger partial charge in [0.25, 0.3) is 0 Å². The molecule has 0 saturated heterocycles. The Bertz CT molecular complexity index is 356. The zero-order chi connectivity index (χ0) is 11.1. The molecule has 86 valence electrons. The van der Waals surface area contributed by atoms with Crippen LogP contribution in [0.1, 0.15) is 42.9 Å². The quantitative estimate of drug-likeness (QED) is 0.802. The first-order valence-corrected chi connectivity index (χ1v) is 6.52. The first kappa shape index (κ1) is 10.3. The van der Waals surface area contributed by atoms with E-state index in [1.807, 2.05) is 0 Å². The van der Waals surface area contributed by atoms with Gasteiger partial charge < -0.3 is 5.11 Å². The number of aryl methyl sites for hydroxylation is 1. The van der Waals surface area contributed by atoms with E-state index >= 15 is 0 Å². The standard InChI is InChI=1S/C15H20O/c1-10-6-8-11(9-7-10)15(16)14-12-4-2-3-5-13(12)14/h6-9,12-16H,2-5H2,1H3. The number of hydrogen-bond acceptors (Lipinski definition) is 1. The summed E-state index contributed by atoms with van der Waals surface area (Å²) in [5.41, 5.74) is 2.38. The Balaban J connectivity index is 1.74. The average Bonchev–Trinajstić information content (AvgIpc) is 3.03. The highest BCUT2D eigenvalue weighted by Crippen LogP contribution is 2.60. The van der Waals surface area contributed by atoms with Crippen molar-refractivity contribution in [2.45, 2.75) is 38.7 Å². The van der Waals surface area contributed by atoms with Crippen molar-refractivity contribution in [3.05, 3.63) is 35.4 Å². The molecular weight excluding hydrogens is 196 g/mol. The molecule has 0 spiro atoms. The van der Waals surface area contributed by atoms with Crippen LogP contribution >= 0.6 is 0 Å². The molecule has 0 aliphatic heterocycles. The third-order valence-electron chi connectivity index (χ3n) is 4.51. The van der Waals surface area contributed by atoms with Crippen molar-refractivity contribution in [2.24, 2.45) is 17.8 Å². The van der Waals surface area contributed by atoms with Gasteiger partial charge in [-0.2, -0.15) is 0 Å². The Hall–Kier alpha value is -0.820. The summed E-state index contributed by atoms with van der Waals surface area (Å²) in [6.07, 6.45) is 5.22. The molecule has 1 heteroatoms. The van der Waals surface area contributed by atoms with E-state index in [1.54, 1.807) is 0 Å². The van der Waals surface area contributed by atoms with Gasteiger partial charge in [-0.15, -0.1) is 0 Å². The van der Waals surface area contributed by atoms with Crippen molar-refractivity contribution in [2.75, 3.05) is 0 Å². The van der Waals surface area contributed by atoms with Crippen molar-refractivity contribution in [1.29, 1.82) is 0 Å². The van der Waals surface area contributed by atoms with Crippen LogP contribution in [0.5, 0.6) is 0 Å². The summed E-state index contributed by atoms with van der Waals surface area (Å²) >= 11 is 0. The SMILES string of the molecule is Cc1ccc(C(O)C2C3CCCCC32)cc1. The van der Waals surface area contributed by atoms with Crippen LogP contribution < -0.4 is 0 Å². The smallest absolute Gasteiger partial charge is 0.0823 e. The van der Waals surface area contributed by atoms with Crippen LogP contribution in [0.25, 0.3) is 0 Å². The van der Waals surface area contributed by atoms with Gasteiger partial charge in [0.2, 0.25) is 0 Å². The van der Waals surface area contributed by atoms with E-state index in [9.17, 15) is 5.11 Å². The van der Waals surface area contributed by atoms with Crippen LogP contribution in [0, 0.1) is 24.7 Å². The maximum Gasteiger partial charge on any atom is 0.0823 e. The predicted molar refractivity (Wildman–Crippen MR) is 65.1 cm³/mol. The lowest BCUT2D eigenvalue weighted by Gasteiger charge is -2.10. The number of aliphatic hydroxyl groups is 1. The Kier molecular flexibility index (Phi) is 2.51. The summed E-state index contributed by atoms with van der Waals surface area (Å²) in [5.74, 6) is 2.21. The molecule has 3 unspecified atom stereocenters. The van der Waals surface area contributed by atoms with E-state index in [1.165, 1.54) is 31.2 Å². The van der Waals surface area contributed by atoms with E-state index in [0.717, 1.165) is 17.4 Å². The van der Waals surface area contributed by atoms with Gasteiger partial charge in [0.15, 0.2) is 0 Å². The fraction of sp³-hybridized carbons (Fsp3) is 0.600. The Morgan fingerprint density at radius 3 is 2.19 bits per heavy atom. The average molecular weight is 216 g/mol. The molecule has 16 heavy (non-hydrogen) atoms. The Labute approximate surface area is 97.5 Å². The molecule has 2 saturated carbocycles. The topological polar surface area (TPSA) is 20.2 Å². The number of benzene rings is 1. The third kappa shape index (κ3) is 1.67. The van der Waals surface area contributed by atoms with E-state index < -0.39 is 0 Å². The predicted octanol–water partition coefficient (Wildman–Crippen LogP) is 3.46. The highest BCUT2D eigenvalue weighted by Gasteiger charge is 2.54. The lowest BCUT2D eigenvalue weighted by molar-refractivity contribution is 0.142. The van der Waals surface area contributed by atoms with Gasteiger partial charge in [0.05, 0.1) is 6.10 Å². The van der Waals surface area contributed by atoms with Crippen molar-refractivity contribution >= 4 is 0 Å². The van der Waals surface area contributed by atoms with Crippen molar-refractivity contribution < 1.29 is 5.11 Å². The van der Waals surface area contributed by atoms with E-state index in [-0.39, 0.29) is 6.10 Å². The summed E-state index contributed by atoms with van der Waals surface area (Å²) in [6, 6.07) is 8.38. The van der Waals surface area contributed by atoms with E-state index in [2.05, 4.69) is 31.2 Å². The molecule has 3 rings (SSSR count). The minimum absolute atomic E-state index is 0.214. The summed E-state index contributed by atoms with van der Waals surface area (Å²) in [6.45, 7) is 2.09. The van der Waals surface area contributed by atoms with Gasteiger partial charge >= 0.3 is 0 Å². The highest BCUT2D eigenvalue weighted by molar-refractivity contribution is 5.25. The monoisotopic (exact) mass is 216 g/mol. The Morgan fingerprint density at radius 2 is 1.62 bits per heavy atom. The summed E-state index contributed by atoms with van der Waals surface area (Å²) in [7, 11) is 0. The first-order chi connectivity index (χ1) is 7.77. The van der Waals surface area contributed by atoms with Gasteiger partial charge in [0.1, 0.15) is 0 Å². The second kappa shape index (κ2) is 3.89. The second-order valence-electron chi connectivity index (χ2n) is 5.55. The lowest BCUT2D eigenvalue weighted by Crippen LogP contribution is -2.02. The molecule has 1 nitrogen and oxygen atoms in total. The Morgan fingerprint density at radius 1 is 1.06 bits per heavy atom. The summed E-state index contributed by atoms with van der Waals surface area (Å²) in [5, 5.41) is 10.4. The number of aliphatic hydroxyl groups excluding tert-OH is 1. The first-order valence-electron chi connectivity index (χ1n) is 6.52. The molecule has 0 heterocycles. The van der Waals surface area contributed by atoms with Crippen LogP contribution in [0.4, 0.5) is 0 Å². The summed E-state index contributed by atoms with van der Waals surface area (Å²) < 4.78 is 0. The minimum atomic E-state index is -0.214. The van der Waals surface area contributed by atoms with Crippen LogP contribution in [0.2, 0.25) is 0 Å². The molecule has 1 aromatic rings. The van der Waals surface area contributed by atoms with Gasteiger partial charge in [-0.1, -0.05) is 42.7 Å². The van der Waals surface area contributed by atoms with Gasteiger partial charge in [-0.05, 0) is 43.1 Å². The fourth-order valence-corrected chi connectivity index (χ4v) is 3.50. The molecule has 0 amide bonds. The molecule has 2 aliphatic carbocycles. The third-order valence-corrected chi connectivity index (χ3v) is 4.51. The lowest BCUT2D eigenvalue weighted by atomic mass is 10.0. The van der Waals surface area contributed by atoms with Crippen molar-refractivity contribution in [3.63, 3.8) is 0 Å². The maximum atomic E-state index is 10.4. The van der Waals surface area contributed by atoms with Crippen LogP contribution in [-0.4, -0.2) is 5.11 Å². The highest BCUT2D eigenvalue weighted by atomic mass is 16.3. The molecule has 0 bridgehead atoms. The van der Waals surface area contributed by atoms with Crippen LogP contribution in [0.3, 0.4) is 0 Å². The molecule has 2 fully saturated rings. The zero-order valence-corrected chi connectivity index (χ0v) is 9.89. The molecule has 1 aromatic carbocycles. The largest absolute Gasteiger partial charge is 0.388 e. The molecule has 2 aliphatic rings. The molecule has 0 radical (unpaired) electrons. The van der Waals surface area contributed by atoms with Gasteiger partial charge in [-0.25, -0.2) is 0 Å². The molecular formula is C15H20O. The van der Waals surface area contributed by atoms with Crippen molar-refractivity contribution in [1.82, 2.24) is 0 Å². The van der Waals surface area contributed by atoms with E-state index in [0.29, 0.717) is 5.92 Å². The number of rotatable bonds is 2. The number of fused-ring (bicyclic) bond motifs is 1. The minimum Gasteiger partial charge on any atom is -0.388 e. The zero-order valence-electron chi connectivity index (χ0n) is 9.89.